The van der Waals surface area contributed by atoms with Crippen molar-refractivity contribution in [1.82, 2.24) is 9.97 Å². The molecule has 1 heterocycles. The minimum Gasteiger partial charge on any atom is -0.369 e. The van der Waals surface area contributed by atoms with Crippen LogP contribution in [-0.4, -0.2) is 21.9 Å². The topological polar surface area (TPSA) is 80.9 Å². The maximum absolute atomic E-state index is 11.7. The number of hydrogen-bond donors (Lipinski definition) is 2. The second kappa shape index (κ2) is 6.00. The number of nitrogens with two attached hydrogens (primary N) is 1. The third-order valence-corrected chi connectivity index (χ3v) is 4.75. The van der Waals surface area contributed by atoms with Crippen molar-refractivity contribution in [3.63, 3.8) is 0 Å². The van der Waals surface area contributed by atoms with Gasteiger partial charge in [0, 0.05) is 17.3 Å². The first-order valence-electron chi connectivity index (χ1n) is 8.07. The largest absolute Gasteiger partial charge is 0.369 e. The number of aryl methyl sites for hydroxylation is 2. The van der Waals surface area contributed by atoms with E-state index in [0.29, 0.717) is 0 Å². The van der Waals surface area contributed by atoms with Gasteiger partial charge in [0.05, 0.1) is 5.92 Å². The predicted molar refractivity (Wildman–Crippen MR) is 82.0 cm³/mol. The van der Waals surface area contributed by atoms with Gasteiger partial charge in [-0.05, 0) is 45.4 Å². The highest BCUT2D eigenvalue weighted by atomic mass is 16.1. The first kappa shape index (κ1) is 14.3. The Balaban J connectivity index is 1.86. The van der Waals surface area contributed by atoms with Crippen molar-refractivity contribution < 1.29 is 4.79 Å². The van der Waals surface area contributed by atoms with Crippen LogP contribution in [0.2, 0.25) is 0 Å². The minimum absolute atomic E-state index is 0.0757. The summed E-state index contributed by atoms with van der Waals surface area (Å²) in [6.07, 6.45) is 8.59. The summed E-state index contributed by atoms with van der Waals surface area (Å²) in [4.78, 5) is 20.8. The molecule has 3 N–H and O–H groups in total. The molecule has 114 valence electrons. The molecule has 1 amide bonds. The zero-order valence-corrected chi connectivity index (χ0v) is 12.7. The highest BCUT2D eigenvalue weighted by molar-refractivity contribution is 5.78. The highest BCUT2D eigenvalue weighted by Crippen LogP contribution is 2.30. The van der Waals surface area contributed by atoms with E-state index in [2.05, 4.69) is 15.3 Å². The van der Waals surface area contributed by atoms with Gasteiger partial charge in [-0.1, -0.05) is 12.8 Å². The molecule has 2 aliphatic rings. The van der Waals surface area contributed by atoms with Crippen LogP contribution in [0.4, 0.5) is 5.82 Å². The molecule has 1 aromatic heterocycles. The summed E-state index contributed by atoms with van der Waals surface area (Å²) in [5.41, 5.74) is 8.00. The lowest BCUT2D eigenvalue weighted by Crippen LogP contribution is -2.41. The molecule has 0 aliphatic heterocycles. The number of carbonyl (C=O) groups excluding carboxylic acids is 1. The highest BCUT2D eigenvalue weighted by Gasteiger charge is 2.30. The first-order valence-corrected chi connectivity index (χ1v) is 8.07. The Morgan fingerprint density at radius 2 is 1.90 bits per heavy atom. The fraction of sp³-hybridized carbons (Fsp3) is 0.688. The normalized spacial score (nSPS) is 25.2. The zero-order chi connectivity index (χ0) is 14.8. The van der Waals surface area contributed by atoms with Crippen LogP contribution in [0.5, 0.6) is 0 Å². The van der Waals surface area contributed by atoms with E-state index in [1.54, 1.807) is 0 Å². The quantitative estimate of drug-likeness (QED) is 0.892. The monoisotopic (exact) mass is 288 g/mol. The first-order chi connectivity index (χ1) is 10.1. The number of hydrogen-bond acceptors (Lipinski definition) is 4. The number of nitrogens with zero attached hydrogens (tertiary/aromatic N) is 2. The van der Waals surface area contributed by atoms with Crippen LogP contribution in [0.15, 0.2) is 0 Å². The summed E-state index contributed by atoms with van der Waals surface area (Å²) in [5.74, 6) is 1.49. The molecule has 5 heteroatoms. The van der Waals surface area contributed by atoms with E-state index in [9.17, 15) is 4.79 Å². The van der Waals surface area contributed by atoms with Gasteiger partial charge < -0.3 is 11.1 Å². The Morgan fingerprint density at radius 1 is 1.14 bits per heavy atom. The number of fused-ring (bicyclic) bond motifs is 1. The molecule has 2 aliphatic carbocycles. The van der Waals surface area contributed by atoms with E-state index >= 15 is 0 Å². The zero-order valence-electron chi connectivity index (χ0n) is 12.7. The van der Waals surface area contributed by atoms with Gasteiger partial charge in [-0.2, -0.15) is 0 Å². The van der Waals surface area contributed by atoms with Crippen molar-refractivity contribution in [2.24, 2.45) is 11.7 Å². The van der Waals surface area contributed by atoms with Gasteiger partial charge in [0.1, 0.15) is 11.6 Å². The Morgan fingerprint density at radius 3 is 2.71 bits per heavy atom. The van der Waals surface area contributed by atoms with Crippen LogP contribution in [0.3, 0.4) is 0 Å². The Labute approximate surface area is 125 Å². The number of primary amides is 1. The number of aromatic nitrogens is 2. The molecule has 0 spiro atoms. The third-order valence-electron chi connectivity index (χ3n) is 4.75. The number of nitrogens with one attached hydrogen (secondary N) is 1. The van der Waals surface area contributed by atoms with Gasteiger partial charge in [0.15, 0.2) is 0 Å². The lowest BCUT2D eigenvalue weighted by molar-refractivity contribution is -0.122. The average molecular weight is 288 g/mol. The van der Waals surface area contributed by atoms with Crippen LogP contribution in [0, 0.1) is 12.8 Å². The van der Waals surface area contributed by atoms with Crippen molar-refractivity contribution in [1.29, 1.82) is 0 Å². The molecule has 1 fully saturated rings. The van der Waals surface area contributed by atoms with Crippen molar-refractivity contribution in [2.45, 2.75) is 64.3 Å². The molecule has 1 aromatic rings. The second-order valence-electron chi connectivity index (χ2n) is 6.30. The van der Waals surface area contributed by atoms with E-state index in [1.807, 2.05) is 6.92 Å². The SMILES string of the molecule is Cc1nc2c(c(NC3CCCCC3C(N)=O)n1)CCCC2. The predicted octanol–water partition coefficient (Wildman–Crippen LogP) is 2.12. The van der Waals surface area contributed by atoms with Crippen molar-refractivity contribution in [2.75, 3.05) is 5.32 Å². The number of rotatable bonds is 3. The van der Waals surface area contributed by atoms with Crippen LogP contribution < -0.4 is 11.1 Å². The van der Waals surface area contributed by atoms with E-state index in [0.717, 1.165) is 50.2 Å². The molecular formula is C16H24N4O. The Kier molecular flexibility index (Phi) is 4.08. The maximum atomic E-state index is 11.7. The van der Waals surface area contributed by atoms with E-state index in [1.165, 1.54) is 24.1 Å². The Hall–Kier alpha value is -1.65. The van der Waals surface area contributed by atoms with Crippen molar-refractivity contribution in [3.05, 3.63) is 17.1 Å². The van der Waals surface area contributed by atoms with Gasteiger partial charge >= 0.3 is 0 Å². The van der Waals surface area contributed by atoms with Crippen LogP contribution in [-0.2, 0) is 17.6 Å². The molecule has 0 saturated heterocycles. The van der Waals surface area contributed by atoms with Crippen LogP contribution >= 0.6 is 0 Å². The maximum Gasteiger partial charge on any atom is 0.222 e. The molecule has 3 rings (SSSR count). The molecule has 2 unspecified atom stereocenters. The van der Waals surface area contributed by atoms with E-state index < -0.39 is 0 Å². The lowest BCUT2D eigenvalue weighted by Gasteiger charge is -2.31. The average Bonchev–Trinajstić information content (AvgIpc) is 2.47. The van der Waals surface area contributed by atoms with Crippen LogP contribution in [0.25, 0.3) is 0 Å². The smallest absolute Gasteiger partial charge is 0.222 e. The summed E-state index contributed by atoms with van der Waals surface area (Å²) in [5, 5.41) is 3.53. The number of anilines is 1. The fourth-order valence-corrected chi connectivity index (χ4v) is 3.66. The number of carbonyl (C=O) groups is 1. The molecule has 0 bridgehead atoms. The van der Waals surface area contributed by atoms with Crippen LogP contribution in [0.1, 0.15) is 55.6 Å². The third kappa shape index (κ3) is 3.01. The standard InChI is InChI=1S/C16H24N4O/c1-10-18-14-9-5-3-7-12(14)16(19-10)20-13-8-4-2-6-11(13)15(17)21/h11,13H,2-9H2,1H3,(H2,17,21)(H,18,19,20). The molecule has 2 atom stereocenters. The minimum atomic E-state index is -0.188. The van der Waals surface area contributed by atoms with Crippen molar-refractivity contribution in [3.8, 4) is 0 Å². The van der Waals surface area contributed by atoms with Gasteiger partial charge in [-0.3, -0.25) is 4.79 Å². The molecule has 0 radical (unpaired) electrons. The van der Waals surface area contributed by atoms with Gasteiger partial charge in [0.2, 0.25) is 5.91 Å². The molecule has 1 saturated carbocycles. The summed E-state index contributed by atoms with van der Waals surface area (Å²) in [6.45, 7) is 1.94. The van der Waals surface area contributed by atoms with E-state index in [-0.39, 0.29) is 17.9 Å². The molecule has 0 aromatic carbocycles. The summed E-state index contributed by atoms with van der Waals surface area (Å²) < 4.78 is 0. The Bertz CT molecular complexity index is 543. The summed E-state index contributed by atoms with van der Waals surface area (Å²) in [6, 6.07) is 0.122. The summed E-state index contributed by atoms with van der Waals surface area (Å²) in [7, 11) is 0. The molecular weight excluding hydrogens is 264 g/mol. The van der Waals surface area contributed by atoms with Gasteiger partial charge in [-0.15, -0.1) is 0 Å². The second-order valence-corrected chi connectivity index (χ2v) is 6.30. The number of amides is 1. The molecule has 21 heavy (non-hydrogen) atoms. The lowest BCUT2D eigenvalue weighted by atomic mass is 9.83. The van der Waals surface area contributed by atoms with E-state index in [4.69, 9.17) is 5.73 Å². The molecule has 5 nitrogen and oxygen atoms in total. The van der Waals surface area contributed by atoms with Gasteiger partial charge in [-0.25, -0.2) is 9.97 Å². The van der Waals surface area contributed by atoms with Crippen molar-refractivity contribution >= 4 is 11.7 Å². The summed E-state index contributed by atoms with van der Waals surface area (Å²) >= 11 is 0. The fourth-order valence-electron chi connectivity index (χ4n) is 3.66. The van der Waals surface area contributed by atoms with Gasteiger partial charge in [0.25, 0.3) is 0 Å².